The van der Waals surface area contributed by atoms with Crippen LogP contribution in [0, 0.1) is 0 Å². The smallest absolute Gasteiger partial charge is 0.333 e. The van der Waals surface area contributed by atoms with E-state index < -0.39 is 23.5 Å². The molecule has 0 saturated heterocycles. The molecule has 1 aliphatic rings. The van der Waals surface area contributed by atoms with E-state index in [9.17, 15) is 9.59 Å². The molecule has 0 bridgehead atoms. The molecule has 0 aliphatic heterocycles. The molecule has 0 aromatic heterocycles. The average Bonchev–Trinajstić information content (AvgIpc) is 2.09. The summed E-state index contributed by atoms with van der Waals surface area (Å²) >= 11 is 0. The zero-order valence-corrected chi connectivity index (χ0v) is 7.18. The van der Waals surface area contributed by atoms with Crippen molar-refractivity contribution in [2.24, 2.45) is 11.5 Å². The van der Waals surface area contributed by atoms with E-state index in [1.807, 2.05) is 0 Å². The summed E-state index contributed by atoms with van der Waals surface area (Å²) < 4.78 is 0. The highest BCUT2D eigenvalue weighted by atomic mass is 16.4. The topological polar surface area (TPSA) is 127 Å². The summed E-state index contributed by atoms with van der Waals surface area (Å²) in [6.45, 7) is 0. The van der Waals surface area contributed by atoms with Crippen LogP contribution in [-0.2, 0) is 9.59 Å². The molecular weight excluding hydrogens is 188 g/mol. The highest BCUT2D eigenvalue weighted by Gasteiger charge is 2.43. The number of carboxylic acids is 2. The van der Waals surface area contributed by atoms with E-state index in [2.05, 4.69) is 0 Å². The van der Waals surface area contributed by atoms with Gasteiger partial charge in [-0.05, 0) is 0 Å². The molecule has 0 heterocycles. The fourth-order valence-corrected chi connectivity index (χ4v) is 1.18. The predicted octanol–water partition coefficient (Wildman–Crippen LogP) is -1.32. The van der Waals surface area contributed by atoms with E-state index >= 15 is 0 Å². The molecule has 14 heavy (non-hydrogen) atoms. The summed E-state index contributed by atoms with van der Waals surface area (Å²) in [5, 5.41) is 17.5. The first-order chi connectivity index (χ1) is 6.39. The molecule has 1 rings (SSSR count). The number of allylic oxidation sites excluding steroid dienone is 2. The van der Waals surface area contributed by atoms with Gasteiger partial charge >= 0.3 is 11.9 Å². The maximum Gasteiger partial charge on any atom is 0.333 e. The Morgan fingerprint density at radius 1 is 1.43 bits per heavy atom. The number of carboxylic acid groups (broad SMARTS) is 2. The zero-order chi connectivity index (χ0) is 10.9. The summed E-state index contributed by atoms with van der Waals surface area (Å²) in [4.78, 5) is 21.4. The van der Waals surface area contributed by atoms with Crippen molar-refractivity contribution in [3.8, 4) is 0 Å². The van der Waals surface area contributed by atoms with Crippen molar-refractivity contribution in [1.29, 1.82) is 0 Å². The van der Waals surface area contributed by atoms with Gasteiger partial charge in [-0.1, -0.05) is 18.2 Å². The number of rotatable bonds is 2. The van der Waals surface area contributed by atoms with E-state index in [1.165, 1.54) is 18.2 Å². The number of nitrogens with two attached hydrogens (primary N) is 2. The fourth-order valence-electron chi connectivity index (χ4n) is 1.18. The molecule has 0 saturated carbocycles. The van der Waals surface area contributed by atoms with Gasteiger partial charge < -0.3 is 21.7 Å². The van der Waals surface area contributed by atoms with Gasteiger partial charge in [-0.25, -0.2) is 9.59 Å². The third-order valence-corrected chi connectivity index (χ3v) is 2.11. The highest BCUT2D eigenvalue weighted by molar-refractivity contribution is 5.94. The SMILES string of the molecule is NC1C(C(=O)O)=CC=CC1(N)C(=O)O. The van der Waals surface area contributed by atoms with Crippen molar-refractivity contribution in [3.63, 3.8) is 0 Å². The summed E-state index contributed by atoms with van der Waals surface area (Å²) in [5.41, 5.74) is 8.86. The highest BCUT2D eigenvalue weighted by Crippen LogP contribution is 2.20. The molecule has 0 aromatic rings. The van der Waals surface area contributed by atoms with E-state index in [-0.39, 0.29) is 5.57 Å². The minimum absolute atomic E-state index is 0.211. The van der Waals surface area contributed by atoms with Crippen LogP contribution >= 0.6 is 0 Å². The molecule has 2 unspecified atom stereocenters. The normalized spacial score (nSPS) is 31.0. The lowest BCUT2D eigenvalue weighted by molar-refractivity contribution is -0.142. The van der Waals surface area contributed by atoms with E-state index in [0.717, 1.165) is 0 Å². The predicted molar refractivity (Wildman–Crippen MR) is 47.4 cm³/mol. The van der Waals surface area contributed by atoms with Gasteiger partial charge in [0.1, 0.15) is 0 Å². The van der Waals surface area contributed by atoms with Crippen LogP contribution in [0.15, 0.2) is 23.8 Å². The van der Waals surface area contributed by atoms with Gasteiger partial charge in [0.2, 0.25) is 0 Å². The standard InChI is InChI=1S/C8H10N2O4/c9-5-4(6(11)12)2-1-3-8(5,10)7(13)14/h1-3,5H,9-10H2,(H,11,12)(H,13,14). The molecule has 6 nitrogen and oxygen atoms in total. The minimum Gasteiger partial charge on any atom is -0.480 e. The monoisotopic (exact) mass is 198 g/mol. The van der Waals surface area contributed by atoms with E-state index in [1.54, 1.807) is 0 Å². The summed E-state index contributed by atoms with van der Waals surface area (Å²) in [7, 11) is 0. The number of carbonyl (C=O) groups is 2. The van der Waals surface area contributed by atoms with Gasteiger partial charge in [0.15, 0.2) is 5.54 Å². The Morgan fingerprint density at radius 3 is 2.43 bits per heavy atom. The molecule has 0 spiro atoms. The van der Waals surface area contributed by atoms with Gasteiger partial charge in [0.05, 0.1) is 11.6 Å². The first-order valence-electron chi connectivity index (χ1n) is 3.80. The lowest BCUT2D eigenvalue weighted by Crippen LogP contribution is -2.61. The maximum atomic E-state index is 10.8. The Balaban J connectivity index is 3.11. The van der Waals surface area contributed by atoms with Crippen molar-refractivity contribution in [3.05, 3.63) is 23.8 Å². The van der Waals surface area contributed by atoms with Gasteiger partial charge in [0.25, 0.3) is 0 Å². The van der Waals surface area contributed by atoms with Crippen molar-refractivity contribution in [2.75, 3.05) is 0 Å². The van der Waals surface area contributed by atoms with Gasteiger partial charge in [-0.15, -0.1) is 0 Å². The van der Waals surface area contributed by atoms with Crippen LogP contribution in [-0.4, -0.2) is 33.7 Å². The number of hydrogen-bond donors (Lipinski definition) is 4. The zero-order valence-electron chi connectivity index (χ0n) is 7.18. The van der Waals surface area contributed by atoms with Crippen molar-refractivity contribution in [2.45, 2.75) is 11.6 Å². The molecule has 0 aromatic carbocycles. The van der Waals surface area contributed by atoms with Gasteiger partial charge in [-0.2, -0.15) is 0 Å². The fraction of sp³-hybridized carbons (Fsp3) is 0.250. The summed E-state index contributed by atoms with van der Waals surface area (Å²) in [5.74, 6) is -2.62. The lowest BCUT2D eigenvalue weighted by Gasteiger charge is -2.30. The molecule has 0 amide bonds. The second-order valence-corrected chi connectivity index (χ2v) is 3.00. The van der Waals surface area contributed by atoms with Gasteiger partial charge in [0, 0.05) is 0 Å². The summed E-state index contributed by atoms with van der Waals surface area (Å²) in [6.07, 6.45) is 3.69. The Bertz CT molecular complexity index is 347. The van der Waals surface area contributed by atoms with Crippen LogP contribution in [0.1, 0.15) is 0 Å². The number of aliphatic carboxylic acids is 2. The Hall–Kier alpha value is -1.66. The molecule has 2 atom stereocenters. The van der Waals surface area contributed by atoms with Crippen molar-refractivity contribution >= 4 is 11.9 Å². The third-order valence-electron chi connectivity index (χ3n) is 2.11. The molecule has 1 aliphatic carbocycles. The van der Waals surface area contributed by atoms with Crippen LogP contribution in [0.2, 0.25) is 0 Å². The molecule has 6 heteroatoms. The quantitative estimate of drug-likeness (QED) is 0.435. The third kappa shape index (κ3) is 1.40. The summed E-state index contributed by atoms with van der Waals surface area (Å²) in [6, 6.07) is -1.25. The van der Waals surface area contributed by atoms with Crippen LogP contribution in [0.4, 0.5) is 0 Å². The van der Waals surface area contributed by atoms with E-state index in [0.29, 0.717) is 0 Å². The molecule has 0 fully saturated rings. The van der Waals surface area contributed by atoms with Crippen LogP contribution in [0.3, 0.4) is 0 Å². The van der Waals surface area contributed by atoms with Crippen LogP contribution < -0.4 is 11.5 Å². The second-order valence-electron chi connectivity index (χ2n) is 3.00. The molecule has 76 valence electrons. The molecule has 6 N–H and O–H groups in total. The lowest BCUT2D eigenvalue weighted by atomic mass is 9.82. The Morgan fingerprint density at radius 2 is 2.00 bits per heavy atom. The van der Waals surface area contributed by atoms with Crippen molar-refractivity contribution < 1.29 is 19.8 Å². The molecule has 0 radical (unpaired) electrons. The van der Waals surface area contributed by atoms with Crippen molar-refractivity contribution in [1.82, 2.24) is 0 Å². The van der Waals surface area contributed by atoms with Crippen LogP contribution in [0.25, 0.3) is 0 Å². The first-order valence-corrected chi connectivity index (χ1v) is 3.80. The Labute approximate surface area is 79.5 Å². The minimum atomic E-state index is -1.84. The Kier molecular flexibility index (Phi) is 2.41. The average molecular weight is 198 g/mol. The number of hydrogen-bond acceptors (Lipinski definition) is 4. The largest absolute Gasteiger partial charge is 0.480 e. The molecular formula is C8H10N2O4. The first kappa shape index (κ1) is 10.4. The maximum absolute atomic E-state index is 10.8. The second kappa shape index (κ2) is 3.24. The van der Waals surface area contributed by atoms with Crippen LogP contribution in [0.5, 0.6) is 0 Å². The van der Waals surface area contributed by atoms with Gasteiger partial charge in [-0.3, -0.25) is 0 Å². The van der Waals surface area contributed by atoms with E-state index in [4.69, 9.17) is 21.7 Å².